The third-order valence-electron chi connectivity index (χ3n) is 9.67. The molecule has 6 atom stereocenters. The molecule has 0 saturated heterocycles. The number of hydrogen-bond donors (Lipinski definition) is 9. The number of carbonyl (C=O) groups excluding carboxylic acids is 5. The van der Waals surface area contributed by atoms with Crippen molar-refractivity contribution in [2.75, 3.05) is 0 Å². The maximum atomic E-state index is 14.4. The molecule has 0 spiro atoms. The van der Waals surface area contributed by atoms with Gasteiger partial charge in [0, 0.05) is 29.9 Å². The third-order valence-corrected chi connectivity index (χ3v) is 9.67. The number of carboxylic acids is 1. The van der Waals surface area contributed by atoms with Gasteiger partial charge in [-0.3, -0.25) is 24.0 Å². The minimum absolute atomic E-state index is 0.00203. The van der Waals surface area contributed by atoms with E-state index in [4.69, 9.17) is 5.73 Å². The average molecular weight is 792 g/mol. The molecule has 0 aliphatic heterocycles. The second-order valence-corrected chi connectivity index (χ2v) is 16.3. The Morgan fingerprint density at radius 3 is 1.68 bits per heavy atom. The van der Waals surface area contributed by atoms with Gasteiger partial charge in [-0.15, -0.1) is 0 Å². The molecule has 3 aromatic rings. The van der Waals surface area contributed by atoms with Crippen molar-refractivity contribution in [3.63, 3.8) is 0 Å². The standard InChI is InChI=1S/C42H61N7O8/c1-22(2)17-31(37(51)48-34(42(56)57)18-23(3)4)45-39(53)33(20-27-21-44-30-12-10-9-11-29(27)30)46-38(52)32(19-26-13-15-28(50)16-14-26)47-41(55)36(25(7)8)49-40(54)35(43)24(5)6/h9-16,21-25,31-36,44,50H,17-20,43H2,1-8H3,(H,45,53)(H,46,52)(H,47,55)(H,48,51)(H,49,54)(H,56,57)/t31-,32-,33-,34-,35-,36-/m0/s1. The van der Waals surface area contributed by atoms with Crippen molar-refractivity contribution in [3.8, 4) is 5.75 Å². The lowest BCUT2D eigenvalue weighted by Gasteiger charge is -2.29. The summed E-state index contributed by atoms with van der Waals surface area (Å²) in [6, 6.07) is 6.76. The Bertz CT molecular complexity index is 1840. The molecule has 3 rings (SSSR count). The van der Waals surface area contributed by atoms with E-state index in [9.17, 15) is 39.0 Å². The van der Waals surface area contributed by atoms with E-state index in [1.54, 1.807) is 46.0 Å². The average Bonchev–Trinajstić information content (AvgIpc) is 3.54. The minimum atomic E-state index is -1.27. The van der Waals surface area contributed by atoms with Gasteiger partial charge in [-0.05, 0) is 65.8 Å². The number of carboxylic acid groups (broad SMARTS) is 1. The highest BCUT2D eigenvalue weighted by atomic mass is 16.4. The number of H-pyrrole nitrogens is 1. The van der Waals surface area contributed by atoms with Gasteiger partial charge in [0.05, 0.1) is 6.04 Å². The lowest BCUT2D eigenvalue weighted by atomic mass is 9.98. The number of benzene rings is 2. The fourth-order valence-electron chi connectivity index (χ4n) is 6.37. The fraction of sp³-hybridized carbons (Fsp3) is 0.524. The number of rotatable bonds is 21. The van der Waals surface area contributed by atoms with E-state index in [-0.39, 0.29) is 49.2 Å². The van der Waals surface area contributed by atoms with Crippen molar-refractivity contribution in [1.29, 1.82) is 0 Å². The number of phenols is 1. The number of para-hydroxylation sites is 1. The van der Waals surface area contributed by atoms with Crippen LogP contribution in [-0.4, -0.2) is 87.0 Å². The lowest BCUT2D eigenvalue weighted by Crippen LogP contribution is -2.61. The molecule has 15 nitrogen and oxygen atoms in total. The Labute approximate surface area is 334 Å². The van der Waals surface area contributed by atoms with Crippen LogP contribution < -0.4 is 32.3 Å². The second kappa shape index (κ2) is 21.2. The Morgan fingerprint density at radius 2 is 1.12 bits per heavy atom. The van der Waals surface area contributed by atoms with Crippen LogP contribution in [0.4, 0.5) is 0 Å². The van der Waals surface area contributed by atoms with E-state index in [1.807, 2.05) is 52.0 Å². The molecule has 2 aromatic carbocycles. The zero-order valence-electron chi connectivity index (χ0n) is 34.2. The first-order valence-corrected chi connectivity index (χ1v) is 19.6. The van der Waals surface area contributed by atoms with Crippen LogP contribution in [0.15, 0.2) is 54.7 Å². The van der Waals surface area contributed by atoms with Gasteiger partial charge in [-0.1, -0.05) is 85.7 Å². The molecule has 0 unspecified atom stereocenters. The Balaban J connectivity index is 2.00. The van der Waals surface area contributed by atoms with Gasteiger partial charge in [0.15, 0.2) is 0 Å². The van der Waals surface area contributed by atoms with Crippen LogP contribution in [-0.2, 0) is 41.6 Å². The number of aromatic amines is 1. The van der Waals surface area contributed by atoms with Gasteiger partial charge in [-0.25, -0.2) is 4.79 Å². The van der Waals surface area contributed by atoms with Crippen LogP contribution >= 0.6 is 0 Å². The van der Waals surface area contributed by atoms with Crippen molar-refractivity contribution in [2.24, 2.45) is 29.4 Å². The summed E-state index contributed by atoms with van der Waals surface area (Å²) in [4.78, 5) is 84.2. The summed E-state index contributed by atoms with van der Waals surface area (Å²) in [6.07, 6.45) is 2.03. The van der Waals surface area contributed by atoms with Crippen LogP contribution in [0.3, 0.4) is 0 Å². The Kier molecular flexibility index (Phi) is 17.1. The van der Waals surface area contributed by atoms with Crippen LogP contribution in [0.2, 0.25) is 0 Å². The van der Waals surface area contributed by atoms with Gasteiger partial charge < -0.3 is 47.5 Å². The number of amides is 5. The Hall–Kier alpha value is -5.44. The quantitative estimate of drug-likeness (QED) is 0.0769. The monoisotopic (exact) mass is 791 g/mol. The largest absolute Gasteiger partial charge is 0.508 e. The zero-order chi connectivity index (χ0) is 42.6. The number of nitrogens with one attached hydrogen (secondary N) is 6. The third kappa shape index (κ3) is 13.9. The number of phenolic OH excluding ortho intramolecular Hbond substituents is 1. The lowest BCUT2D eigenvalue weighted by molar-refractivity contribution is -0.143. The summed E-state index contributed by atoms with van der Waals surface area (Å²) in [6.45, 7) is 14.5. The predicted octanol–water partition coefficient (Wildman–Crippen LogP) is 2.90. The van der Waals surface area contributed by atoms with Crippen molar-refractivity contribution in [1.82, 2.24) is 31.6 Å². The number of nitrogens with two attached hydrogens (primary N) is 1. The number of aromatic nitrogens is 1. The van der Waals surface area contributed by atoms with Crippen LogP contribution in [0, 0.1) is 23.7 Å². The summed E-state index contributed by atoms with van der Waals surface area (Å²) in [5.74, 6) is -5.14. The van der Waals surface area contributed by atoms with E-state index >= 15 is 0 Å². The zero-order valence-corrected chi connectivity index (χ0v) is 34.2. The van der Waals surface area contributed by atoms with Crippen molar-refractivity contribution < 1.29 is 39.0 Å². The summed E-state index contributed by atoms with van der Waals surface area (Å²) in [5, 5.41) is 34.2. The fourth-order valence-corrected chi connectivity index (χ4v) is 6.37. The van der Waals surface area contributed by atoms with E-state index in [2.05, 4.69) is 31.6 Å². The molecule has 312 valence electrons. The van der Waals surface area contributed by atoms with Crippen molar-refractivity contribution in [3.05, 3.63) is 65.9 Å². The maximum Gasteiger partial charge on any atom is 0.326 e. The van der Waals surface area contributed by atoms with Crippen molar-refractivity contribution >= 4 is 46.4 Å². The van der Waals surface area contributed by atoms with E-state index < -0.39 is 77.7 Å². The molecule has 1 aromatic heterocycles. The Morgan fingerprint density at radius 1 is 0.614 bits per heavy atom. The van der Waals surface area contributed by atoms with Gasteiger partial charge in [0.1, 0.15) is 36.0 Å². The molecule has 0 bridgehead atoms. The number of carbonyl (C=O) groups is 6. The molecular formula is C42H61N7O8. The topological polar surface area (TPSA) is 245 Å². The number of fused-ring (bicyclic) bond motifs is 1. The van der Waals surface area contributed by atoms with E-state index in [0.717, 1.165) is 10.9 Å². The van der Waals surface area contributed by atoms with Crippen LogP contribution in [0.1, 0.15) is 79.4 Å². The van der Waals surface area contributed by atoms with Gasteiger partial charge in [0.2, 0.25) is 29.5 Å². The van der Waals surface area contributed by atoms with Gasteiger partial charge in [0.25, 0.3) is 0 Å². The molecule has 5 amide bonds. The van der Waals surface area contributed by atoms with Gasteiger partial charge in [-0.2, -0.15) is 0 Å². The molecule has 0 radical (unpaired) electrons. The highest BCUT2D eigenvalue weighted by Crippen LogP contribution is 2.20. The van der Waals surface area contributed by atoms with E-state index in [0.29, 0.717) is 11.1 Å². The molecule has 1 heterocycles. The normalized spacial score (nSPS) is 14.8. The first-order valence-electron chi connectivity index (χ1n) is 19.6. The van der Waals surface area contributed by atoms with E-state index in [1.165, 1.54) is 12.1 Å². The minimum Gasteiger partial charge on any atom is -0.508 e. The first kappa shape index (κ1) is 45.9. The molecule has 0 aliphatic carbocycles. The maximum absolute atomic E-state index is 14.4. The summed E-state index contributed by atoms with van der Waals surface area (Å²) < 4.78 is 0. The highest BCUT2D eigenvalue weighted by molar-refractivity contribution is 5.97. The number of aliphatic carboxylic acids is 1. The molecule has 57 heavy (non-hydrogen) atoms. The molecule has 0 fully saturated rings. The molecular weight excluding hydrogens is 731 g/mol. The number of aromatic hydroxyl groups is 1. The molecule has 15 heteroatoms. The van der Waals surface area contributed by atoms with Crippen molar-refractivity contribution in [2.45, 2.75) is 117 Å². The number of hydrogen-bond acceptors (Lipinski definition) is 8. The molecule has 10 N–H and O–H groups in total. The SMILES string of the molecule is CC(C)C[C@H](NC(=O)[C@H](CC(C)C)NC(=O)[C@H](Cc1c[nH]c2ccccc12)NC(=O)[C@H](Cc1ccc(O)cc1)NC(=O)[C@@H](NC(=O)[C@@H](N)C(C)C)C(C)C)C(=O)O. The highest BCUT2D eigenvalue weighted by Gasteiger charge is 2.35. The van der Waals surface area contributed by atoms with Crippen LogP contribution in [0.25, 0.3) is 10.9 Å². The van der Waals surface area contributed by atoms with Crippen LogP contribution in [0.5, 0.6) is 5.75 Å². The van der Waals surface area contributed by atoms with Gasteiger partial charge >= 0.3 is 5.97 Å². The second-order valence-electron chi connectivity index (χ2n) is 16.3. The molecule has 0 aliphatic rings. The molecule has 0 saturated carbocycles. The first-order chi connectivity index (χ1) is 26.8. The predicted molar refractivity (Wildman–Crippen MR) is 218 cm³/mol. The smallest absolute Gasteiger partial charge is 0.326 e. The summed E-state index contributed by atoms with van der Waals surface area (Å²) in [5.41, 5.74) is 8.14. The summed E-state index contributed by atoms with van der Waals surface area (Å²) in [7, 11) is 0. The summed E-state index contributed by atoms with van der Waals surface area (Å²) >= 11 is 0.